The van der Waals surface area contributed by atoms with E-state index in [0.717, 1.165) is 17.8 Å². The van der Waals surface area contributed by atoms with Crippen LogP contribution in [0.25, 0.3) is 0 Å². The molecule has 1 nitrogen and oxygen atoms in total. The van der Waals surface area contributed by atoms with Crippen LogP contribution in [0.2, 0.25) is 0 Å². The van der Waals surface area contributed by atoms with Gasteiger partial charge in [-0.15, -0.1) is 0 Å². The van der Waals surface area contributed by atoms with E-state index in [1.165, 1.54) is 0 Å². The Kier molecular flexibility index (Phi) is 1.85. The highest BCUT2D eigenvalue weighted by atomic mass is 16.6. The molecule has 18 heavy (non-hydrogen) atoms. The van der Waals surface area contributed by atoms with E-state index in [4.69, 9.17) is 4.74 Å². The lowest BCUT2D eigenvalue weighted by atomic mass is 9.72. The largest absolute Gasteiger partial charge is 0.369 e. The van der Waals surface area contributed by atoms with Gasteiger partial charge in [0.25, 0.3) is 0 Å². The van der Waals surface area contributed by atoms with E-state index in [0.29, 0.717) is 17.9 Å². The van der Waals surface area contributed by atoms with Crippen LogP contribution in [-0.4, -0.2) is 11.7 Å². The number of allylic oxidation sites excluding steroid dienone is 2. The summed E-state index contributed by atoms with van der Waals surface area (Å²) in [6, 6.07) is 0. The van der Waals surface area contributed by atoms with Gasteiger partial charge in [0.1, 0.15) is 0 Å². The fraction of sp³-hybridized carbons (Fsp3) is 0.765. The Hall–Kier alpha value is -0.560. The molecule has 98 valence electrons. The van der Waals surface area contributed by atoms with Crippen LogP contribution in [0.5, 0.6) is 0 Å². The van der Waals surface area contributed by atoms with E-state index >= 15 is 0 Å². The van der Waals surface area contributed by atoms with Crippen LogP contribution >= 0.6 is 0 Å². The molecular weight excluding hydrogens is 220 g/mol. The van der Waals surface area contributed by atoms with Crippen molar-refractivity contribution in [3.8, 4) is 0 Å². The molecule has 1 heterocycles. The van der Waals surface area contributed by atoms with Crippen LogP contribution < -0.4 is 0 Å². The van der Waals surface area contributed by atoms with Crippen molar-refractivity contribution < 1.29 is 4.74 Å². The quantitative estimate of drug-likeness (QED) is 0.634. The Labute approximate surface area is 110 Å². The summed E-state index contributed by atoms with van der Waals surface area (Å²) in [6.07, 6.45) is 0.565. The Morgan fingerprint density at radius 3 is 2.17 bits per heavy atom. The minimum Gasteiger partial charge on any atom is -0.369 e. The molecule has 5 rings (SSSR count). The highest BCUT2D eigenvalue weighted by Gasteiger charge is 2.85. The third-order valence-electron chi connectivity index (χ3n) is 6.19. The van der Waals surface area contributed by atoms with Crippen molar-refractivity contribution in [1.82, 2.24) is 0 Å². The van der Waals surface area contributed by atoms with Crippen molar-refractivity contribution in [2.75, 3.05) is 0 Å². The number of ether oxygens (including phenoxy) is 1. The van der Waals surface area contributed by atoms with Gasteiger partial charge in [0, 0.05) is 23.7 Å². The first kappa shape index (κ1) is 11.3. The molecule has 1 saturated heterocycles. The predicted molar refractivity (Wildman–Crippen MR) is 73.2 cm³/mol. The van der Waals surface area contributed by atoms with Crippen LogP contribution in [0.15, 0.2) is 22.3 Å². The number of hydrogen-bond donors (Lipinski definition) is 0. The molecule has 1 aliphatic heterocycles. The van der Waals surface area contributed by atoms with Gasteiger partial charge in [0.15, 0.2) is 0 Å². The van der Waals surface area contributed by atoms with Crippen LogP contribution in [0, 0.1) is 29.6 Å². The molecule has 6 atom stereocenters. The van der Waals surface area contributed by atoms with Crippen molar-refractivity contribution in [2.45, 2.75) is 53.2 Å². The standard InChI is InChI=1S/C17H24O/c1-7(2)10-12-11(8(3)4)14-13(10)16-15(12)17(14,18-16)9(5)6/h9,12-16H,1-6H3/t12-,13+,14-,15+,16-,17+/m1/s1. The van der Waals surface area contributed by atoms with E-state index in [-0.39, 0.29) is 5.60 Å². The minimum absolute atomic E-state index is 0.214. The molecule has 6 bridgehead atoms. The Balaban J connectivity index is 1.95. The van der Waals surface area contributed by atoms with E-state index in [2.05, 4.69) is 41.5 Å². The maximum absolute atomic E-state index is 6.43. The molecular formula is C17H24O. The molecule has 0 aromatic heterocycles. The molecule has 4 aliphatic carbocycles. The third-order valence-corrected chi connectivity index (χ3v) is 6.19. The van der Waals surface area contributed by atoms with Gasteiger partial charge in [-0.1, -0.05) is 36.1 Å². The average Bonchev–Trinajstić information content (AvgIpc) is 2.84. The van der Waals surface area contributed by atoms with Crippen LogP contribution in [-0.2, 0) is 4.74 Å². The molecule has 0 unspecified atom stereocenters. The molecule has 5 aliphatic rings. The van der Waals surface area contributed by atoms with Gasteiger partial charge in [-0.2, -0.15) is 0 Å². The van der Waals surface area contributed by atoms with E-state index in [9.17, 15) is 0 Å². The van der Waals surface area contributed by atoms with Crippen LogP contribution in [0.1, 0.15) is 41.5 Å². The maximum atomic E-state index is 6.43. The predicted octanol–water partition coefficient (Wildman–Crippen LogP) is 3.96. The lowest BCUT2D eigenvalue weighted by molar-refractivity contribution is -0.229. The van der Waals surface area contributed by atoms with Crippen molar-refractivity contribution in [3.05, 3.63) is 22.3 Å². The SMILES string of the molecule is CC(C)=C1[C@@H]2C(=C(C)C)[C@@H]3[C@H]1[C@H]1O[C@]3(C(C)C)[C@@H]21. The molecule has 0 N–H and O–H groups in total. The molecule has 0 amide bonds. The van der Waals surface area contributed by atoms with E-state index in [1.54, 1.807) is 22.3 Å². The van der Waals surface area contributed by atoms with Crippen LogP contribution in [0.3, 0.4) is 0 Å². The molecule has 0 radical (unpaired) electrons. The fourth-order valence-electron chi connectivity index (χ4n) is 5.96. The molecule has 0 aromatic carbocycles. The van der Waals surface area contributed by atoms with Gasteiger partial charge in [-0.05, 0) is 33.6 Å². The van der Waals surface area contributed by atoms with Gasteiger partial charge in [0.2, 0.25) is 0 Å². The summed E-state index contributed by atoms with van der Waals surface area (Å²) in [4.78, 5) is 0. The van der Waals surface area contributed by atoms with Crippen molar-refractivity contribution >= 4 is 0 Å². The summed E-state index contributed by atoms with van der Waals surface area (Å²) < 4.78 is 6.43. The first-order valence-electron chi connectivity index (χ1n) is 7.45. The highest BCUT2D eigenvalue weighted by Crippen LogP contribution is 2.82. The monoisotopic (exact) mass is 244 g/mol. The summed E-state index contributed by atoms with van der Waals surface area (Å²) in [7, 11) is 0. The summed E-state index contributed by atoms with van der Waals surface area (Å²) in [5.74, 6) is 3.66. The van der Waals surface area contributed by atoms with Crippen molar-refractivity contribution in [3.63, 3.8) is 0 Å². The first-order valence-corrected chi connectivity index (χ1v) is 7.45. The van der Waals surface area contributed by atoms with Gasteiger partial charge in [0.05, 0.1) is 11.7 Å². The normalized spacial score (nSPS) is 50.5. The average molecular weight is 244 g/mol. The molecule has 4 saturated carbocycles. The summed E-state index contributed by atoms with van der Waals surface area (Å²) in [5, 5.41) is 0. The van der Waals surface area contributed by atoms with E-state index in [1.807, 2.05) is 0 Å². The zero-order valence-electron chi connectivity index (χ0n) is 12.4. The maximum Gasteiger partial charge on any atom is 0.0843 e. The Morgan fingerprint density at radius 2 is 1.67 bits per heavy atom. The Morgan fingerprint density at radius 1 is 1.06 bits per heavy atom. The molecule has 5 fully saturated rings. The first-order chi connectivity index (χ1) is 8.43. The van der Waals surface area contributed by atoms with Gasteiger partial charge in [-0.25, -0.2) is 0 Å². The molecule has 1 heteroatoms. The van der Waals surface area contributed by atoms with Gasteiger partial charge < -0.3 is 4.74 Å². The highest BCUT2D eigenvalue weighted by molar-refractivity contribution is 5.57. The third kappa shape index (κ3) is 0.826. The van der Waals surface area contributed by atoms with Crippen LogP contribution in [0.4, 0.5) is 0 Å². The molecule has 0 spiro atoms. The second-order valence-electron chi connectivity index (χ2n) is 7.51. The topological polar surface area (TPSA) is 9.23 Å². The lowest BCUT2D eigenvalue weighted by Gasteiger charge is -2.48. The molecule has 0 aromatic rings. The Bertz CT molecular complexity index is 502. The lowest BCUT2D eigenvalue weighted by Crippen LogP contribution is -2.56. The fourth-order valence-corrected chi connectivity index (χ4v) is 5.96. The second-order valence-corrected chi connectivity index (χ2v) is 7.51. The zero-order valence-corrected chi connectivity index (χ0v) is 12.4. The minimum atomic E-state index is 0.214. The second kappa shape index (κ2) is 2.95. The summed E-state index contributed by atoms with van der Waals surface area (Å²) in [5.41, 5.74) is 6.83. The van der Waals surface area contributed by atoms with Gasteiger partial charge in [-0.3, -0.25) is 0 Å². The summed E-state index contributed by atoms with van der Waals surface area (Å²) >= 11 is 0. The smallest absolute Gasteiger partial charge is 0.0843 e. The van der Waals surface area contributed by atoms with E-state index < -0.39 is 0 Å². The van der Waals surface area contributed by atoms with Gasteiger partial charge >= 0.3 is 0 Å². The number of hydrogen-bond acceptors (Lipinski definition) is 1. The zero-order chi connectivity index (χ0) is 13.0. The van der Waals surface area contributed by atoms with Crippen molar-refractivity contribution in [1.29, 1.82) is 0 Å². The summed E-state index contributed by atoms with van der Waals surface area (Å²) in [6.45, 7) is 13.9. The number of rotatable bonds is 1. The van der Waals surface area contributed by atoms with Crippen molar-refractivity contribution in [2.24, 2.45) is 29.6 Å².